The number of rotatable bonds is 3. The molecule has 22 heavy (non-hydrogen) atoms. The summed E-state index contributed by atoms with van der Waals surface area (Å²) in [6, 6.07) is 9.82. The van der Waals surface area contributed by atoms with Gasteiger partial charge in [-0.3, -0.25) is 4.79 Å². The van der Waals surface area contributed by atoms with Crippen LogP contribution < -0.4 is 5.32 Å². The standard InChI is InChI=1S/C17H15N3OS/c1-10-12(16-20-14-6-3-9-18-17(14)22-16)4-2-5-13(10)19-15(21)11-7-8-11/h2-6,9,11H,7-8H2,1H3,(H,19,21). The quantitative estimate of drug-likeness (QED) is 0.795. The Hall–Kier alpha value is -2.27. The number of benzene rings is 1. The molecule has 2 heterocycles. The van der Waals surface area contributed by atoms with E-state index in [0.29, 0.717) is 0 Å². The van der Waals surface area contributed by atoms with Gasteiger partial charge in [0.1, 0.15) is 15.4 Å². The van der Waals surface area contributed by atoms with Crippen molar-refractivity contribution in [2.45, 2.75) is 19.8 Å². The lowest BCUT2D eigenvalue weighted by atomic mass is 10.1. The molecule has 1 fully saturated rings. The van der Waals surface area contributed by atoms with E-state index in [9.17, 15) is 4.79 Å². The van der Waals surface area contributed by atoms with E-state index in [2.05, 4.69) is 15.3 Å². The van der Waals surface area contributed by atoms with Crippen molar-refractivity contribution in [2.24, 2.45) is 5.92 Å². The highest BCUT2D eigenvalue weighted by atomic mass is 32.1. The summed E-state index contributed by atoms with van der Waals surface area (Å²) >= 11 is 1.58. The molecule has 1 N–H and O–H groups in total. The fourth-order valence-electron chi connectivity index (χ4n) is 2.47. The van der Waals surface area contributed by atoms with Crippen LogP contribution in [0.3, 0.4) is 0 Å². The van der Waals surface area contributed by atoms with Gasteiger partial charge in [0.15, 0.2) is 0 Å². The Labute approximate surface area is 132 Å². The van der Waals surface area contributed by atoms with Gasteiger partial charge in [-0.1, -0.05) is 23.5 Å². The summed E-state index contributed by atoms with van der Waals surface area (Å²) in [5, 5.41) is 3.98. The number of thiazole rings is 1. The molecule has 1 aliphatic rings. The molecule has 0 radical (unpaired) electrons. The molecular formula is C17H15N3OS. The second-order valence-electron chi connectivity index (χ2n) is 5.59. The number of fused-ring (bicyclic) bond motifs is 1. The van der Waals surface area contributed by atoms with Crippen molar-refractivity contribution in [2.75, 3.05) is 5.32 Å². The van der Waals surface area contributed by atoms with Gasteiger partial charge in [-0.05, 0) is 43.5 Å². The maximum Gasteiger partial charge on any atom is 0.227 e. The summed E-state index contributed by atoms with van der Waals surface area (Å²) in [5.74, 6) is 0.334. The normalized spacial score (nSPS) is 14.2. The number of carbonyl (C=O) groups is 1. The first-order valence-electron chi connectivity index (χ1n) is 7.35. The lowest BCUT2D eigenvalue weighted by Crippen LogP contribution is -2.14. The van der Waals surface area contributed by atoms with Crippen molar-refractivity contribution in [3.8, 4) is 10.6 Å². The van der Waals surface area contributed by atoms with Gasteiger partial charge in [0.05, 0.1) is 0 Å². The number of hydrogen-bond acceptors (Lipinski definition) is 4. The molecule has 0 aliphatic heterocycles. The summed E-state index contributed by atoms with van der Waals surface area (Å²) in [6.45, 7) is 2.03. The predicted octanol–water partition coefficient (Wildman–Crippen LogP) is 4.02. The molecule has 0 spiro atoms. The smallest absolute Gasteiger partial charge is 0.227 e. The second kappa shape index (κ2) is 5.18. The molecular weight excluding hydrogens is 294 g/mol. The van der Waals surface area contributed by atoms with Crippen LogP contribution in [0, 0.1) is 12.8 Å². The van der Waals surface area contributed by atoms with E-state index < -0.39 is 0 Å². The average Bonchev–Trinajstić information content (AvgIpc) is 3.28. The van der Waals surface area contributed by atoms with E-state index in [4.69, 9.17) is 0 Å². The first kappa shape index (κ1) is 13.4. The van der Waals surface area contributed by atoms with E-state index in [-0.39, 0.29) is 11.8 Å². The van der Waals surface area contributed by atoms with Crippen molar-refractivity contribution >= 4 is 33.3 Å². The Bertz CT molecular complexity index is 834. The maximum absolute atomic E-state index is 12.0. The minimum Gasteiger partial charge on any atom is -0.326 e. The number of nitrogens with zero attached hydrogens (tertiary/aromatic N) is 2. The zero-order chi connectivity index (χ0) is 15.1. The maximum atomic E-state index is 12.0. The highest BCUT2D eigenvalue weighted by molar-refractivity contribution is 7.21. The molecule has 0 unspecified atom stereocenters. The van der Waals surface area contributed by atoms with Crippen molar-refractivity contribution < 1.29 is 4.79 Å². The fourth-order valence-corrected chi connectivity index (χ4v) is 3.46. The van der Waals surface area contributed by atoms with E-state index in [1.807, 2.05) is 37.3 Å². The van der Waals surface area contributed by atoms with Gasteiger partial charge in [0.25, 0.3) is 0 Å². The monoisotopic (exact) mass is 309 g/mol. The first-order valence-corrected chi connectivity index (χ1v) is 8.16. The zero-order valence-electron chi connectivity index (χ0n) is 12.2. The zero-order valence-corrected chi connectivity index (χ0v) is 13.0. The lowest BCUT2D eigenvalue weighted by Gasteiger charge is -2.10. The van der Waals surface area contributed by atoms with Crippen LogP contribution in [-0.4, -0.2) is 15.9 Å². The number of aromatic nitrogens is 2. The van der Waals surface area contributed by atoms with Gasteiger partial charge >= 0.3 is 0 Å². The molecule has 5 heteroatoms. The molecule has 0 bridgehead atoms. The molecule has 0 atom stereocenters. The van der Waals surface area contributed by atoms with Gasteiger partial charge in [0, 0.05) is 23.4 Å². The first-order chi connectivity index (χ1) is 10.7. The highest BCUT2D eigenvalue weighted by Gasteiger charge is 2.29. The molecule has 3 aromatic rings. The molecule has 0 saturated heterocycles. The van der Waals surface area contributed by atoms with Crippen molar-refractivity contribution in [1.29, 1.82) is 0 Å². The number of nitrogens with one attached hydrogen (secondary N) is 1. The van der Waals surface area contributed by atoms with Crippen molar-refractivity contribution in [1.82, 2.24) is 9.97 Å². The summed E-state index contributed by atoms with van der Waals surface area (Å²) in [7, 11) is 0. The SMILES string of the molecule is Cc1c(NC(=O)C2CC2)cccc1-c1nc2cccnc2s1. The van der Waals surface area contributed by atoms with Gasteiger partial charge in [-0.15, -0.1) is 0 Å². The van der Waals surface area contributed by atoms with Crippen LogP contribution in [0.4, 0.5) is 5.69 Å². The van der Waals surface area contributed by atoms with E-state index in [0.717, 1.165) is 45.0 Å². The van der Waals surface area contributed by atoms with Crippen LogP contribution in [0.2, 0.25) is 0 Å². The number of anilines is 1. The number of hydrogen-bond donors (Lipinski definition) is 1. The van der Waals surface area contributed by atoms with Gasteiger partial charge in [-0.2, -0.15) is 0 Å². The van der Waals surface area contributed by atoms with E-state index in [1.165, 1.54) is 0 Å². The minimum absolute atomic E-state index is 0.131. The third-order valence-electron chi connectivity index (χ3n) is 3.94. The van der Waals surface area contributed by atoms with Crippen molar-refractivity contribution in [3.63, 3.8) is 0 Å². The molecule has 1 amide bonds. The van der Waals surface area contributed by atoms with Gasteiger partial charge in [0.2, 0.25) is 5.91 Å². The summed E-state index contributed by atoms with van der Waals surface area (Å²) in [6.07, 6.45) is 3.80. The average molecular weight is 309 g/mol. The van der Waals surface area contributed by atoms with Crippen LogP contribution in [0.25, 0.3) is 20.9 Å². The van der Waals surface area contributed by atoms with Crippen LogP contribution in [0.5, 0.6) is 0 Å². The topological polar surface area (TPSA) is 54.9 Å². The lowest BCUT2D eigenvalue weighted by molar-refractivity contribution is -0.117. The highest BCUT2D eigenvalue weighted by Crippen LogP contribution is 2.35. The number of pyridine rings is 1. The third-order valence-corrected chi connectivity index (χ3v) is 4.95. The molecule has 110 valence electrons. The summed E-state index contributed by atoms with van der Waals surface area (Å²) < 4.78 is 0. The minimum atomic E-state index is 0.131. The molecule has 4 nitrogen and oxygen atoms in total. The molecule has 1 aliphatic carbocycles. The Morgan fingerprint density at radius 3 is 2.91 bits per heavy atom. The molecule has 4 rings (SSSR count). The van der Waals surface area contributed by atoms with Gasteiger partial charge < -0.3 is 5.32 Å². The number of amides is 1. The van der Waals surface area contributed by atoms with Crippen LogP contribution in [0.15, 0.2) is 36.5 Å². The van der Waals surface area contributed by atoms with E-state index >= 15 is 0 Å². The predicted molar refractivity (Wildman–Crippen MR) is 88.9 cm³/mol. The van der Waals surface area contributed by atoms with Crippen LogP contribution >= 0.6 is 11.3 Å². The molecule has 2 aromatic heterocycles. The molecule has 1 aromatic carbocycles. The van der Waals surface area contributed by atoms with E-state index in [1.54, 1.807) is 17.5 Å². The Balaban J connectivity index is 1.73. The fraction of sp³-hybridized carbons (Fsp3) is 0.235. The largest absolute Gasteiger partial charge is 0.326 e. The Kier molecular flexibility index (Phi) is 3.15. The Morgan fingerprint density at radius 2 is 2.14 bits per heavy atom. The second-order valence-corrected chi connectivity index (χ2v) is 6.57. The van der Waals surface area contributed by atoms with Crippen LogP contribution in [0.1, 0.15) is 18.4 Å². The third kappa shape index (κ3) is 2.37. The molecule has 1 saturated carbocycles. The van der Waals surface area contributed by atoms with Crippen molar-refractivity contribution in [3.05, 3.63) is 42.1 Å². The Morgan fingerprint density at radius 1 is 1.27 bits per heavy atom. The summed E-state index contributed by atoms with van der Waals surface area (Å²) in [5.41, 5.74) is 3.89. The van der Waals surface area contributed by atoms with Crippen LogP contribution in [-0.2, 0) is 4.79 Å². The number of carbonyl (C=O) groups excluding carboxylic acids is 1. The van der Waals surface area contributed by atoms with Gasteiger partial charge in [-0.25, -0.2) is 9.97 Å². The summed E-state index contributed by atoms with van der Waals surface area (Å²) in [4.78, 5) is 21.9.